The summed E-state index contributed by atoms with van der Waals surface area (Å²) in [5.41, 5.74) is 1.77. The van der Waals surface area contributed by atoms with E-state index in [-0.39, 0.29) is 17.8 Å². The summed E-state index contributed by atoms with van der Waals surface area (Å²) in [7, 11) is 0. The van der Waals surface area contributed by atoms with Crippen LogP contribution in [0.4, 0.5) is 5.82 Å². The molecule has 7 heteroatoms. The Morgan fingerprint density at radius 2 is 1.46 bits per heavy atom. The van der Waals surface area contributed by atoms with Gasteiger partial charge in [-0.1, -0.05) is 91.0 Å². The molecule has 5 rings (SSSR count). The Morgan fingerprint density at radius 1 is 0.919 bits per heavy atom. The second-order valence-electron chi connectivity index (χ2n) is 9.06. The molecule has 7 nitrogen and oxygen atoms in total. The van der Waals surface area contributed by atoms with Gasteiger partial charge in [0.05, 0.1) is 12.7 Å². The number of carbonyl (C=O) groups excluding carboxylic acids is 1. The average Bonchev–Trinajstić information content (AvgIpc) is 3.39. The van der Waals surface area contributed by atoms with Crippen molar-refractivity contribution in [1.29, 1.82) is 0 Å². The molecule has 3 aromatic carbocycles. The highest BCUT2D eigenvalue weighted by atomic mass is 16.6. The van der Waals surface area contributed by atoms with Crippen LogP contribution in [-0.2, 0) is 19.9 Å². The molecule has 2 atom stereocenters. The highest BCUT2D eigenvalue weighted by Crippen LogP contribution is 2.41. The van der Waals surface area contributed by atoms with Crippen molar-refractivity contribution in [3.63, 3.8) is 0 Å². The van der Waals surface area contributed by atoms with E-state index in [1.165, 1.54) is 11.5 Å². The van der Waals surface area contributed by atoms with Crippen molar-refractivity contribution < 1.29 is 14.3 Å². The molecule has 1 aliphatic rings. The fourth-order valence-corrected chi connectivity index (χ4v) is 4.88. The maximum absolute atomic E-state index is 12.6. The van der Waals surface area contributed by atoms with Gasteiger partial charge in [0.1, 0.15) is 17.6 Å². The Labute approximate surface area is 215 Å². The first-order chi connectivity index (χ1) is 18.1. The summed E-state index contributed by atoms with van der Waals surface area (Å²) < 4.78 is 14.6. The molecule has 4 aromatic rings. The Morgan fingerprint density at radius 3 is 1.95 bits per heavy atom. The molecule has 1 fully saturated rings. The molecule has 1 saturated heterocycles. The number of amides is 1. The van der Waals surface area contributed by atoms with Crippen molar-refractivity contribution in [2.45, 2.75) is 37.7 Å². The first kappa shape index (κ1) is 24.6. The van der Waals surface area contributed by atoms with E-state index in [1.54, 1.807) is 12.3 Å². The van der Waals surface area contributed by atoms with E-state index in [9.17, 15) is 9.59 Å². The number of rotatable bonds is 8. The minimum Gasteiger partial charge on any atom is -0.358 e. The molecular weight excluding hydrogens is 466 g/mol. The smallest absolute Gasteiger partial charge is 0.351 e. The summed E-state index contributed by atoms with van der Waals surface area (Å²) in [6.07, 6.45) is 2.35. The summed E-state index contributed by atoms with van der Waals surface area (Å²) >= 11 is 0. The van der Waals surface area contributed by atoms with Crippen LogP contribution in [0.2, 0.25) is 0 Å². The summed E-state index contributed by atoms with van der Waals surface area (Å²) in [4.78, 5) is 27.8. The predicted octanol–water partition coefficient (Wildman–Crippen LogP) is 4.89. The van der Waals surface area contributed by atoms with Crippen molar-refractivity contribution in [2.75, 3.05) is 11.9 Å². The highest BCUT2D eigenvalue weighted by Gasteiger charge is 2.39. The largest absolute Gasteiger partial charge is 0.358 e. The highest BCUT2D eigenvalue weighted by molar-refractivity contribution is 5.87. The molecule has 0 radical (unpaired) electrons. The third-order valence-electron chi connectivity index (χ3n) is 6.56. The van der Waals surface area contributed by atoms with Crippen molar-refractivity contribution >= 4 is 11.7 Å². The maximum atomic E-state index is 12.6. The third-order valence-corrected chi connectivity index (χ3v) is 6.56. The minimum absolute atomic E-state index is 0.206. The zero-order chi connectivity index (χ0) is 25.7. The van der Waals surface area contributed by atoms with Gasteiger partial charge in [0, 0.05) is 13.1 Å². The van der Waals surface area contributed by atoms with Crippen LogP contribution in [0.25, 0.3) is 0 Å². The van der Waals surface area contributed by atoms with Gasteiger partial charge in [-0.2, -0.15) is 4.98 Å². The van der Waals surface area contributed by atoms with Crippen LogP contribution in [0.1, 0.15) is 42.7 Å². The molecule has 0 saturated carbocycles. The summed E-state index contributed by atoms with van der Waals surface area (Å²) in [5.74, 6) is -0.0530. The second-order valence-corrected chi connectivity index (χ2v) is 9.06. The van der Waals surface area contributed by atoms with E-state index >= 15 is 0 Å². The SMILES string of the molecule is CC(=O)Nc1ccn([C@H]2CC[C@@H](COC(c3ccccc3)(c3ccccc3)c3ccccc3)O2)c(=O)n1. The molecule has 1 amide bonds. The Balaban J connectivity index is 1.41. The first-order valence-corrected chi connectivity index (χ1v) is 12.4. The van der Waals surface area contributed by atoms with Crippen LogP contribution in [0.5, 0.6) is 0 Å². The monoisotopic (exact) mass is 495 g/mol. The molecule has 2 heterocycles. The number of hydrogen-bond donors (Lipinski definition) is 1. The quantitative estimate of drug-likeness (QED) is 0.352. The van der Waals surface area contributed by atoms with Crippen molar-refractivity contribution in [1.82, 2.24) is 9.55 Å². The molecule has 1 aromatic heterocycles. The third kappa shape index (κ3) is 5.23. The summed E-state index contributed by atoms with van der Waals surface area (Å²) in [5, 5.41) is 2.53. The van der Waals surface area contributed by atoms with E-state index in [1.807, 2.05) is 54.6 Å². The molecule has 37 heavy (non-hydrogen) atoms. The number of ether oxygens (including phenoxy) is 2. The second kappa shape index (κ2) is 10.9. The Hall–Kier alpha value is -4.07. The fourth-order valence-electron chi connectivity index (χ4n) is 4.88. The lowest BCUT2D eigenvalue weighted by Crippen LogP contribution is -2.36. The zero-order valence-corrected chi connectivity index (χ0v) is 20.6. The van der Waals surface area contributed by atoms with Crippen LogP contribution >= 0.6 is 0 Å². The average molecular weight is 496 g/mol. The van der Waals surface area contributed by atoms with Crippen LogP contribution in [0, 0.1) is 0 Å². The van der Waals surface area contributed by atoms with E-state index in [4.69, 9.17) is 9.47 Å². The summed E-state index contributed by atoms with van der Waals surface area (Å²) in [6, 6.07) is 32.2. The lowest BCUT2D eigenvalue weighted by molar-refractivity contribution is -0.114. The van der Waals surface area contributed by atoms with Gasteiger partial charge in [-0.05, 0) is 35.6 Å². The number of aromatic nitrogens is 2. The van der Waals surface area contributed by atoms with Crippen LogP contribution < -0.4 is 11.0 Å². The fraction of sp³-hybridized carbons (Fsp3) is 0.233. The van der Waals surface area contributed by atoms with Crippen LogP contribution in [-0.4, -0.2) is 28.2 Å². The van der Waals surface area contributed by atoms with Gasteiger partial charge in [-0.25, -0.2) is 4.79 Å². The minimum atomic E-state index is -0.830. The normalized spacial score (nSPS) is 17.4. The molecule has 0 unspecified atom stereocenters. The topological polar surface area (TPSA) is 82.5 Å². The van der Waals surface area contributed by atoms with Gasteiger partial charge >= 0.3 is 5.69 Å². The van der Waals surface area contributed by atoms with E-state index in [0.29, 0.717) is 13.0 Å². The number of benzene rings is 3. The number of anilines is 1. The predicted molar refractivity (Wildman–Crippen MR) is 141 cm³/mol. The van der Waals surface area contributed by atoms with Crippen LogP contribution in [0.15, 0.2) is 108 Å². The number of nitrogens with one attached hydrogen (secondary N) is 1. The van der Waals surface area contributed by atoms with Gasteiger partial charge in [-0.3, -0.25) is 9.36 Å². The van der Waals surface area contributed by atoms with Gasteiger partial charge in [0.15, 0.2) is 0 Å². The van der Waals surface area contributed by atoms with Gasteiger partial charge in [0.25, 0.3) is 0 Å². The van der Waals surface area contributed by atoms with E-state index in [0.717, 1.165) is 23.1 Å². The summed E-state index contributed by atoms with van der Waals surface area (Å²) in [6.45, 7) is 1.71. The molecule has 0 aliphatic carbocycles. The van der Waals surface area contributed by atoms with Crippen molar-refractivity contribution in [3.8, 4) is 0 Å². The lowest BCUT2D eigenvalue weighted by atomic mass is 9.80. The number of hydrogen-bond acceptors (Lipinski definition) is 5. The lowest BCUT2D eigenvalue weighted by Gasteiger charge is -2.36. The standard InChI is InChI=1S/C30H29N3O4/c1-22(34)31-27-19-20-33(29(35)32-27)28-18-17-26(37-28)21-36-30(23-11-5-2-6-12-23,24-13-7-3-8-14-24)25-15-9-4-10-16-25/h2-16,19-20,26,28H,17-18,21H2,1H3,(H,31,32,34,35)/t26-,28+/m0/s1. The van der Waals surface area contributed by atoms with Crippen molar-refractivity contribution in [2.24, 2.45) is 0 Å². The van der Waals surface area contributed by atoms with E-state index < -0.39 is 17.5 Å². The molecular formula is C30H29N3O4. The Kier molecular flexibility index (Phi) is 7.25. The Bertz CT molecular complexity index is 1290. The van der Waals surface area contributed by atoms with E-state index in [2.05, 4.69) is 46.7 Å². The number of nitrogens with zero attached hydrogens (tertiary/aromatic N) is 2. The molecule has 0 bridgehead atoms. The van der Waals surface area contributed by atoms with Crippen molar-refractivity contribution in [3.05, 3.63) is 130 Å². The van der Waals surface area contributed by atoms with Gasteiger partial charge < -0.3 is 14.8 Å². The van der Waals surface area contributed by atoms with Gasteiger partial charge in [-0.15, -0.1) is 0 Å². The molecule has 0 spiro atoms. The zero-order valence-electron chi connectivity index (χ0n) is 20.6. The maximum Gasteiger partial charge on any atom is 0.351 e. The first-order valence-electron chi connectivity index (χ1n) is 12.4. The van der Waals surface area contributed by atoms with Gasteiger partial charge in [0.2, 0.25) is 5.91 Å². The van der Waals surface area contributed by atoms with Crippen LogP contribution in [0.3, 0.4) is 0 Å². The molecule has 1 N–H and O–H groups in total. The molecule has 1 aliphatic heterocycles. The number of carbonyl (C=O) groups is 1. The molecule has 188 valence electrons.